The first-order valence-corrected chi connectivity index (χ1v) is 11.6. The zero-order valence-corrected chi connectivity index (χ0v) is 18.2. The fraction of sp³-hybridized carbons (Fsp3) is 0.200. The molecule has 2 aromatic carbocycles. The zero-order valence-electron chi connectivity index (χ0n) is 16.6. The topological polar surface area (TPSA) is 134 Å². The number of aliphatic imine (C=N–C) groups is 1. The second-order valence-corrected chi connectivity index (χ2v) is 9.86. The van der Waals surface area contributed by atoms with Gasteiger partial charge in [-0.25, -0.2) is 12.8 Å². The molecule has 2 aliphatic rings. The molecule has 166 valence electrons. The van der Waals surface area contributed by atoms with Crippen LogP contribution in [0.5, 0.6) is 0 Å². The van der Waals surface area contributed by atoms with E-state index in [0.717, 1.165) is 17.7 Å². The van der Waals surface area contributed by atoms with Crippen molar-refractivity contribution in [3.05, 3.63) is 70.6 Å². The number of rotatable bonds is 3. The average molecular weight is 476 g/mol. The predicted octanol–water partition coefficient (Wildman–Crippen LogP) is 2.24. The van der Waals surface area contributed by atoms with Gasteiger partial charge in [-0.2, -0.15) is 10.1 Å². The summed E-state index contributed by atoms with van der Waals surface area (Å²) in [6.45, 7) is 0.0610. The summed E-state index contributed by atoms with van der Waals surface area (Å²) in [5.74, 6) is -0.0459. The van der Waals surface area contributed by atoms with Gasteiger partial charge in [0.1, 0.15) is 12.0 Å². The molecule has 0 spiro atoms. The standard InChI is InChI=1S/C20H19ClFN7O2S/c21-15-8-13(5-6-16(15)22)32(30,31)28-10-12(7-11-3-1-2-4-17(11)28)29-18(23)14-9-25-27-19(14)26-20(29)24/h1-6,8-9,12,18H,7,10,23H2,(H3,24,25,26,27). The summed E-state index contributed by atoms with van der Waals surface area (Å²) < 4.78 is 42.1. The van der Waals surface area contributed by atoms with E-state index in [-0.39, 0.29) is 22.4 Å². The molecule has 2 aliphatic heterocycles. The Bertz CT molecular complexity index is 1340. The van der Waals surface area contributed by atoms with Crippen LogP contribution in [0.2, 0.25) is 5.02 Å². The summed E-state index contributed by atoms with van der Waals surface area (Å²) in [5, 5.41) is 6.45. The van der Waals surface area contributed by atoms with Crippen molar-refractivity contribution in [3.8, 4) is 0 Å². The summed E-state index contributed by atoms with van der Waals surface area (Å²) in [6.07, 6.45) is 1.43. The van der Waals surface area contributed by atoms with Gasteiger partial charge in [-0.3, -0.25) is 9.40 Å². The summed E-state index contributed by atoms with van der Waals surface area (Å²) >= 11 is 5.86. The van der Waals surface area contributed by atoms with Crippen molar-refractivity contribution in [2.75, 3.05) is 10.8 Å². The smallest absolute Gasteiger partial charge is 0.264 e. The molecule has 0 aliphatic carbocycles. The number of nitrogens with two attached hydrogens (primary N) is 2. The first-order valence-electron chi connectivity index (χ1n) is 9.74. The van der Waals surface area contributed by atoms with E-state index in [1.807, 2.05) is 12.1 Å². The summed E-state index contributed by atoms with van der Waals surface area (Å²) in [7, 11) is -4.06. The van der Waals surface area contributed by atoms with E-state index in [1.165, 1.54) is 10.4 Å². The molecule has 0 amide bonds. The maximum Gasteiger partial charge on any atom is 0.264 e. The number of H-pyrrole nitrogens is 1. The lowest BCUT2D eigenvalue weighted by Gasteiger charge is -2.44. The number of fused-ring (bicyclic) bond motifs is 2. The van der Waals surface area contributed by atoms with Crippen LogP contribution >= 0.6 is 11.6 Å². The summed E-state index contributed by atoms with van der Waals surface area (Å²) in [6, 6.07) is 10.1. The van der Waals surface area contributed by atoms with Crippen LogP contribution in [0.25, 0.3) is 0 Å². The third-order valence-corrected chi connectivity index (χ3v) is 7.79. The lowest BCUT2D eigenvalue weighted by atomic mass is 9.97. The summed E-state index contributed by atoms with van der Waals surface area (Å²) in [4.78, 5) is 5.92. The van der Waals surface area contributed by atoms with Crippen molar-refractivity contribution in [1.29, 1.82) is 0 Å². The highest BCUT2D eigenvalue weighted by Crippen LogP contribution is 2.37. The minimum absolute atomic E-state index is 0.0610. The number of nitrogens with one attached hydrogen (secondary N) is 1. The molecule has 3 heterocycles. The van der Waals surface area contributed by atoms with Gasteiger partial charge in [-0.1, -0.05) is 29.8 Å². The number of aromatic nitrogens is 2. The molecule has 2 unspecified atom stereocenters. The Hall–Kier alpha value is -3.15. The molecule has 9 nitrogen and oxygen atoms in total. The lowest BCUT2D eigenvalue weighted by molar-refractivity contribution is 0.233. The fourth-order valence-electron chi connectivity index (χ4n) is 4.19. The number of benzene rings is 2. The van der Waals surface area contributed by atoms with Gasteiger partial charge in [0.05, 0.1) is 40.0 Å². The predicted molar refractivity (Wildman–Crippen MR) is 119 cm³/mol. The highest BCUT2D eigenvalue weighted by molar-refractivity contribution is 7.92. The van der Waals surface area contributed by atoms with Crippen molar-refractivity contribution in [3.63, 3.8) is 0 Å². The Morgan fingerprint density at radius 2 is 2.00 bits per heavy atom. The van der Waals surface area contributed by atoms with E-state index in [1.54, 1.807) is 23.2 Å². The van der Waals surface area contributed by atoms with Crippen molar-refractivity contribution in [1.82, 2.24) is 15.1 Å². The Morgan fingerprint density at radius 1 is 1.22 bits per heavy atom. The molecule has 5 rings (SSSR count). The number of para-hydroxylation sites is 1. The second-order valence-electron chi connectivity index (χ2n) is 7.59. The molecule has 2 atom stereocenters. The molecule has 0 radical (unpaired) electrons. The second kappa shape index (κ2) is 7.47. The minimum Gasteiger partial charge on any atom is -0.369 e. The first kappa shape index (κ1) is 20.7. The molecular formula is C20H19ClFN7O2S. The van der Waals surface area contributed by atoms with Crippen LogP contribution < -0.4 is 15.8 Å². The molecule has 1 aromatic heterocycles. The van der Waals surface area contributed by atoms with Crippen molar-refractivity contribution >= 4 is 39.1 Å². The van der Waals surface area contributed by atoms with E-state index in [0.29, 0.717) is 23.5 Å². The maximum absolute atomic E-state index is 13.7. The van der Waals surface area contributed by atoms with Gasteiger partial charge in [0.25, 0.3) is 10.0 Å². The Labute approximate surface area is 188 Å². The Balaban J connectivity index is 1.58. The van der Waals surface area contributed by atoms with Gasteiger partial charge >= 0.3 is 0 Å². The van der Waals surface area contributed by atoms with Crippen LogP contribution in [-0.4, -0.2) is 42.1 Å². The maximum atomic E-state index is 13.7. The molecule has 5 N–H and O–H groups in total. The Kier molecular flexibility index (Phi) is 4.84. The van der Waals surface area contributed by atoms with E-state index in [4.69, 9.17) is 23.1 Å². The highest BCUT2D eigenvalue weighted by Gasteiger charge is 2.40. The van der Waals surface area contributed by atoms with E-state index in [9.17, 15) is 12.8 Å². The number of nitrogens with zero attached hydrogens (tertiary/aromatic N) is 4. The Morgan fingerprint density at radius 3 is 2.78 bits per heavy atom. The fourth-order valence-corrected chi connectivity index (χ4v) is 6.00. The minimum atomic E-state index is -4.06. The third kappa shape index (κ3) is 3.20. The zero-order chi connectivity index (χ0) is 22.6. The van der Waals surface area contributed by atoms with Crippen LogP contribution in [0.4, 0.5) is 15.9 Å². The van der Waals surface area contributed by atoms with Crippen molar-refractivity contribution < 1.29 is 12.8 Å². The van der Waals surface area contributed by atoms with Crippen LogP contribution in [0.1, 0.15) is 17.3 Å². The number of guanidine groups is 1. The molecule has 3 aromatic rings. The number of aromatic amines is 1. The quantitative estimate of drug-likeness (QED) is 0.532. The van der Waals surface area contributed by atoms with Gasteiger partial charge in [-0.05, 0) is 36.2 Å². The van der Waals surface area contributed by atoms with E-state index in [2.05, 4.69) is 15.2 Å². The van der Waals surface area contributed by atoms with Crippen molar-refractivity contribution in [2.45, 2.75) is 23.5 Å². The molecule has 0 saturated carbocycles. The van der Waals surface area contributed by atoms with E-state index >= 15 is 0 Å². The SMILES string of the molecule is NC1=Nc2[nH]ncc2C(N)N1C1Cc2ccccc2N(S(=O)(=O)c2ccc(F)c(Cl)c2)C1. The summed E-state index contributed by atoms with van der Waals surface area (Å²) in [5.41, 5.74) is 14.7. The van der Waals surface area contributed by atoms with Crippen LogP contribution in [0.15, 0.2) is 58.5 Å². The molecule has 0 fully saturated rings. The molecule has 12 heteroatoms. The van der Waals surface area contributed by atoms with Crippen LogP contribution in [0.3, 0.4) is 0 Å². The molecule has 0 saturated heterocycles. The number of hydrogen-bond acceptors (Lipinski definition) is 7. The van der Waals surface area contributed by atoms with Gasteiger partial charge in [0.2, 0.25) is 0 Å². The lowest BCUT2D eigenvalue weighted by Crippen LogP contribution is -2.57. The number of anilines is 1. The highest BCUT2D eigenvalue weighted by atomic mass is 35.5. The van der Waals surface area contributed by atoms with Crippen LogP contribution in [0, 0.1) is 5.82 Å². The van der Waals surface area contributed by atoms with Gasteiger partial charge in [0.15, 0.2) is 11.8 Å². The number of hydrogen-bond donors (Lipinski definition) is 3. The van der Waals surface area contributed by atoms with Gasteiger partial charge in [-0.15, -0.1) is 0 Å². The van der Waals surface area contributed by atoms with Crippen molar-refractivity contribution in [2.24, 2.45) is 16.5 Å². The average Bonchev–Trinajstić information content (AvgIpc) is 3.23. The largest absolute Gasteiger partial charge is 0.369 e. The third-order valence-electron chi connectivity index (χ3n) is 5.72. The monoisotopic (exact) mass is 475 g/mol. The molecular weight excluding hydrogens is 457 g/mol. The molecule has 0 bridgehead atoms. The first-order chi connectivity index (χ1) is 15.3. The number of sulfonamides is 1. The van der Waals surface area contributed by atoms with Gasteiger partial charge < -0.3 is 16.4 Å². The van der Waals surface area contributed by atoms with E-state index < -0.39 is 28.0 Å². The van der Waals surface area contributed by atoms with Gasteiger partial charge in [0, 0.05) is 0 Å². The van der Waals surface area contributed by atoms with Crippen LogP contribution in [-0.2, 0) is 16.4 Å². The molecule has 32 heavy (non-hydrogen) atoms. The normalized spacial score (nSPS) is 20.5. The number of halogens is 2.